The van der Waals surface area contributed by atoms with Crippen LogP contribution in [0.2, 0.25) is 18.1 Å². The lowest BCUT2D eigenvalue weighted by Crippen LogP contribution is -2.41. The van der Waals surface area contributed by atoms with Crippen LogP contribution < -0.4 is 0 Å². The molecule has 116 valence electrons. The standard InChI is InChI=1S/C17H26O3Si/c1-7-19-16(18)15(13-14-11-9-8-10-12-14)20-21(5,6)17(2,3)4/h8-13H,7H2,1-6H3/b15-13-. The van der Waals surface area contributed by atoms with Crippen molar-refractivity contribution in [2.24, 2.45) is 0 Å². The summed E-state index contributed by atoms with van der Waals surface area (Å²) in [6, 6.07) is 9.68. The van der Waals surface area contributed by atoms with Crippen molar-refractivity contribution in [2.75, 3.05) is 6.61 Å². The first-order valence-electron chi connectivity index (χ1n) is 7.30. The Morgan fingerprint density at radius 3 is 2.24 bits per heavy atom. The molecule has 0 aliphatic carbocycles. The Kier molecular flexibility index (Phi) is 5.78. The molecule has 3 nitrogen and oxygen atoms in total. The second-order valence-corrected chi connectivity index (χ2v) is 11.2. The summed E-state index contributed by atoms with van der Waals surface area (Å²) < 4.78 is 11.3. The summed E-state index contributed by atoms with van der Waals surface area (Å²) in [5.41, 5.74) is 0.930. The molecular weight excluding hydrogens is 280 g/mol. The van der Waals surface area contributed by atoms with Gasteiger partial charge in [0.2, 0.25) is 0 Å². The molecule has 0 radical (unpaired) electrons. The highest BCUT2D eigenvalue weighted by molar-refractivity contribution is 6.74. The van der Waals surface area contributed by atoms with Crippen molar-refractivity contribution < 1.29 is 14.0 Å². The van der Waals surface area contributed by atoms with E-state index in [-0.39, 0.29) is 5.04 Å². The van der Waals surface area contributed by atoms with E-state index in [1.165, 1.54) is 0 Å². The van der Waals surface area contributed by atoms with E-state index in [9.17, 15) is 4.79 Å². The highest BCUT2D eigenvalue weighted by Gasteiger charge is 2.40. The molecule has 0 aliphatic rings. The lowest BCUT2D eigenvalue weighted by Gasteiger charge is -2.36. The number of esters is 1. The Hall–Kier alpha value is -1.55. The number of carbonyl (C=O) groups excluding carboxylic acids is 1. The van der Waals surface area contributed by atoms with Gasteiger partial charge in [-0.2, -0.15) is 0 Å². The average Bonchev–Trinajstić information content (AvgIpc) is 2.38. The summed E-state index contributed by atoms with van der Waals surface area (Å²) in [7, 11) is -2.08. The van der Waals surface area contributed by atoms with Gasteiger partial charge < -0.3 is 9.16 Å². The van der Waals surface area contributed by atoms with Gasteiger partial charge in [0.25, 0.3) is 8.32 Å². The molecule has 1 aromatic rings. The molecule has 1 rings (SSSR count). The van der Waals surface area contributed by atoms with E-state index in [0.29, 0.717) is 12.4 Å². The number of benzene rings is 1. The predicted molar refractivity (Wildman–Crippen MR) is 89.3 cm³/mol. The van der Waals surface area contributed by atoms with Gasteiger partial charge in [-0.25, -0.2) is 4.79 Å². The molecule has 0 saturated carbocycles. The summed E-state index contributed by atoms with van der Waals surface area (Å²) in [6.45, 7) is 12.8. The second kappa shape index (κ2) is 6.94. The van der Waals surface area contributed by atoms with Crippen LogP contribution in [0.1, 0.15) is 33.3 Å². The average molecular weight is 306 g/mol. The second-order valence-electron chi connectivity index (χ2n) is 6.50. The zero-order chi connectivity index (χ0) is 16.1. The molecule has 1 aromatic carbocycles. The summed E-state index contributed by atoms with van der Waals surface area (Å²) in [4.78, 5) is 12.2. The lowest BCUT2D eigenvalue weighted by molar-refractivity contribution is -0.141. The maximum atomic E-state index is 12.2. The van der Waals surface area contributed by atoms with Crippen LogP contribution in [-0.2, 0) is 14.0 Å². The topological polar surface area (TPSA) is 35.5 Å². The molecular formula is C17H26O3Si. The quantitative estimate of drug-likeness (QED) is 0.345. The van der Waals surface area contributed by atoms with Gasteiger partial charge in [0.15, 0.2) is 5.76 Å². The minimum atomic E-state index is -2.08. The first-order chi connectivity index (χ1) is 9.67. The van der Waals surface area contributed by atoms with E-state index < -0.39 is 14.3 Å². The number of ether oxygens (including phenoxy) is 1. The Labute approximate surface area is 129 Å². The van der Waals surface area contributed by atoms with Crippen LogP contribution in [-0.4, -0.2) is 20.9 Å². The Bertz CT molecular complexity index is 499. The summed E-state index contributed by atoms with van der Waals surface area (Å²) >= 11 is 0. The Morgan fingerprint density at radius 1 is 1.19 bits per heavy atom. The van der Waals surface area contributed by atoms with Crippen molar-refractivity contribution in [3.8, 4) is 0 Å². The van der Waals surface area contributed by atoms with Crippen LogP contribution in [0.5, 0.6) is 0 Å². The number of hydrogen-bond acceptors (Lipinski definition) is 3. The fourth-order valence-electron chi connectivity index (χ4n) is 1.46. The van der Waals surface area contributed by atoms with Gasteiger partial charge in [-0.1, -0.05) is 51.1 Å². The predicted octanol–water partition coefficient (Wildman–Crippen LogP) is 4.61. The molecule has 0 unspecified atom stereocenters. The number of carbonyl (C=O) groups is 1. The van der Waals surface area contributed by atoms with E-state index in [0.717, 1.165) is 5.56 Å². The molecule has 4 heteroatoms. The summed E-state index contributed by atoms with van der Waals surface area (Å²) in [6.07, 6.45) is 1.76. The van der Waals surface area contributed by atoms with Gasteiger partial charge in [-0.05, 0) is 36.7 Å². The number of hydrogen-bond donors (Lipinski definition) is 0. The molecule has 0 saturated heterocycles. The molecule has 0 amide bonds. The SMILES string of the molecule is CCOC(=O)/C(=C/c1ccccc1)O[Si](C)(C)C(C)(C)C. The van der Waals surface area contributed by atoms with Crippen molar-refractivity contribution in [3.05, 3.63) is 41.7 Å². The molecule has 0 heterocycles. The largest absolute Gasteiger partial charge is 0.539 e. The normalized spacial score (nSPS) is 13.0. The molecule has 0 aliphatic heterocycles. The van der Waals surface area contributed by atoms with E-state index in [4.69, 9.17) is 9.16 Å². The van der Waals surface area contributed by atoms with Crippen molar-refractivity contribution in [3.63, 3.8) is 0 Å². The fraction of sp³-hybridized carbons (Fsp3) is 0.471. The van der Waals surface area contributed by atoms with Crippen LogP contribution in [0.25, 0.3) is 6.08 Å². The molecule has 0 aromatic heterocycles. The van der Waals surface area contributed by atoms with Crippen LogP contribution in [0.3, 0.4) is 0 Å². The van der Waals surface area contributed by atoms with E-state index in [2.05, 4.69) is 33.9 Å². The van der Waals surface area contributed by atoms with Gasteiger partial charge >= 0.3 is 5.97 Å². The maximum absolute atomic E-state index is 12.2. The number of rotatable bonds is 5. The third-order valence-corrected chi connectivity index (χ3v) is 8.09. The van der Waals surface area contributed by atoms with Crippen LogP contribution >= 0.6 is 0 Å². The molecule has 0 N–H and O–H groups in total. The van der Waals surface area contributed by atoms with Gasteiger partial charge in [-0.15, -0.1) is 0 Å². The van der Waals surface area contributed by atoms with Gasteiger partial charge in [0, 0.05) is 0 Å². The van der Waals surface area contributed by atoms with Crippen LogP contribution in [0, 0.1) is 0 Å². The first kappa shape index (κ1) is 17.5. The Morgan fingerprint density at radius 2 is 1.76 bits per heavy atom. The summed E-state index contributed by atoms with van der Waals surface area (Å²) in [5.74, 6) is -0.0965. The van der Waals surface area contributed by atoms with Crippen molar-refractivity contribution in [2.45, 2.75) is 45.8 Å². The Balaban J connectivity index is 3.10. The third kappa shape index (κ3) is 5.05. The van der Waals surface area contributed by atoms with Crippen molar-refractivity contribution in [1.29, 1.82) is 0 Å². The monoisotopic (exact) mass is 306 g/mol. The van der Waals surface area contributed by atoms with Crippen molar-refractivity contribution in [1.82, 2.24) is 0 Å². The lowest BCUT2D eigenvalue weighted by atomic mass is 10.2. The van der Waals surface area contributed by atoms with Crippen LogP contribution in [0.4, 0.5) is 0 Å². The van der Waals surface area contributed by atoms with E-state index >= 15 is 0 Å². The summed E-state index contributed by atoms with van der Waals surface area (Å²) in [5, 5.41) is 0.0231. The smallest absolute Gasteiger partial charge is 0.372 e. The third-order valence-electron chi connectivity index (χ3n) is 3.75. The van der Waals surface area contributed by atoms with E-state index in [1.54, 1.807) is 13.0 Å². The van der Waals surface area contributed by atoms with Crippen LogP contribution in [0.15, 0.2) is 36.1 Å². The molecule has 0 atom stereocenters. The van der Waals surface area contributed by atoms with Crippen molar-refractivity contribution >= 4 is 20.4 Å². The maximum Gasteiger partial charge on any atom is 0.372 e. The van der Waals surface area contributed by atoms with Gasteiger partial charge in [-0.3, -0.25) is 0 Å². The molecule has 0 bridgehead atoms. The first-order valence-corrected chi connectivity index (χ1v) is 10.2. The van der Waals surface area contributed by atoms with E-state index in [1.807, 2.05) is 30.3 Å². The highest BCUT2D eigenvalue weighted by atomic mass is 28.4. The highest BCUT2D eigenvalue weighted by Crippen LogP contribution is 2.38. The minimum Gasteiger partial charge on any atom is -0.539 e. The zero-order valence-electron chi connectivity index (χ0n) is 13.9. The zero-order valence-corrected chi connectivity index (χ0v) is 14.9. The fourth-order valence-corrected chi connectivity index (χ4v) is 2.46. The minimum absolute atomic E-state index is 0.0231. The van der Waals surface area contributed by atoms with Gasteiger partial charge in [0.1, 0.15) is 0 Å². The van der Waals surface area contributed by atoms with Gasteiger partial charge in [0.05, 0.1) is 6.61 Å². The molecule has 0 fully saturated rings. The molecule has 0 spiro atoms. The molecule has 21 heavy (non-hydrogen) atoms.